The zero-order valence-corrected chi connectivity index (χ0v) is 22.0. The van der Waals surface area contributed by atoms with E-state index in [1.807, 2.05) is 25.1 Å². The van der Waals surface area contributed by atoms with E-state index < -0.39 is 16.1 Å². The third-order valence-corrected chi connectivity index (χ3v) is 10.7. The van der Waals surface area contributed by atoms with Crippen LogP contribution in [0, 0.1) is 13.8 Å². The lowest BCUT2D eigenvalue weighted by molar-refractivity contribution is -0.123. The molecule has 0 bridgehead atoms. The van der Waals surface area contributed by atoms with Crippen molar-refractivity contribution in [1.29, 1.82) is 0 Å². The first-order valence-corrected chi connectivity index (χ1v) is 14.6. The van der Waals surface area contributed by atoms with Gasteiger partial charge in [0.2, 0.25) is 5.91 Å². The molecule has 4 heterocycles. The Hall–Kier alpha value is -2.66. The van der Waals surface area contributed by atoms with E-state index in [0.29, 0.717) is 18.1 Å². The normalized spacial score (nSPS) is 17.0. The van der Waals surface area contributed by atoms with Crippen molar-refractivity contribution in [2.75, 3.05) is 11.4 Å². The molecular formula is C25H26N4O3S3. The van der Waals surface area contributed by atoms with Crippen LogP contribution < -0.4 is 4.90 Å². The highest BCUT2D eigenvalue weighted by Crippen LogP contribution is 2.34. The number of hydrogen-bond donors (Lipinski definition) is 0. The first-order valence-electron chi connectivity index (χ1n) is 11.5. The summed E-state index contributed by atoms with van der Waals surface area (Å²) in [6.45, 7) is 4.70. The second kappa shape index (κ2) is 9.77. The molecule has 1 saturated heterocycles. The maximum Gasteiger partial charge on any atom is 0.253 e. The van der Waals surface area contributed by atoms with E-state index in [-0.39, 0.29) is 16.7 Å². The predicted molar refractivity (Wildman–Crippen MR) is 140 cm³/mol. The molecule has 0 radical (unpaired) electrons. The van der Waals surface area contributed by atoms with Crippen molar-refractivity contribution >= 4 is 54.0 Å². The smallest absolute Gasteiger partial charge is 0.253 e. The van der Waals surface area contributed by atoms with Gasteiger partial charge >= 0.3 is 0 Å². The lowest BCUT2D eigenvalue weighted by Crippen LogP contribution is -2.52. The van der Waals surface area contributed by atoms with E-state index >= 15 is 0 Å². The number of carbonyl (C=O) groups excluding carboxylic acids is 1. The average molecular weight is 527 g/mol. The molecule has 182 valence electrons. The van der Waals surface area contributed by atoms with Crippen molar-refractivity contribution in [3.8, 4) is 0 Å². The summed E-state index contributed by atoms with van der Waals surface area (Å²) in [5.41, 5.74) is 4.00. The van der Waals surface area contributed by atoms with Crippen LogP contribution in [0.25, 0.3) is 10.2 Å². The van der Waals surface area contributed by atoms with Crippen LogP contribution in [0.4, 0.5) is 5.13 Å². The average Bonchev–Trinajstić information content (AvgIpc) is 3.54. The molecule has 3 aromatic heterocycles. The lowest BCUT2D eigenvalue weighted by Gasteiger charge is -2.35. The fraction of sp³-hybridized carbons (Fsp3) is 0.320. The summed E-state index contributed by atoms with van der Waals surface area (Å²) in [5, 5.41) is 2.31. The third kappa shape index (κ3) is 4.75. The van der Waals surface area contributed by atoms with Crippen molar-refractivity contribution in [3.05, 3.63) is 70.9 Å². The zero-order chi connectivity index (χ0) is 24.6. The van der Waals surface area contributed by atoms with Crippen molar-refractivity contribution in [2.24, 2.45) is 0 Å². The molecule has 1 amide bonds. The Labute approximate surface area is 213 Å². The minimum Gasteiger partial charge on any atom is -0.282 e. The van der Waals surface area contributed by atoms with Gasteiger partial charge in [-0.05, 0) is 73.0 Å². The Morgan fingerprint density at radius 2 is 2.00 bits per heavy atom. The van der Waals surface area contributed by atoms with Crippen molar-refractivity contribution in [2.45, 2.75) is 49.9 Å². The van der Waals surface area contributed by atoms with Crippen LogP contribution >= 0.6 is 22.7 Å². The quantitative estimate of drug-likeness (QED) is 0.347. The molecule has 10 heteroatoms. The fourth-order valence-corrected chi connectivity index (χ4v) is 8.16. The second-order valence-electron chi connectivity index (χ2n) is 8.75. The summed E-state index contributed by atoms with van der Waals surface area (Å²) in [6, 6.07) is 10.4. The number of thiazole rings is 1. The van der Waals surface area contributed by atoms with Gasteiger partial charge in [0.25, 0.3) is 10.0 Å². The highest BCUT2D eigenvalue weighted by Gasteiger charge is 2.40. The van der Waals surface area contributed by atoms with Crippen LogP contribution in [0.15, 0.2) is 58.4 Å². The Morgan fingerprint density at radius 3 is 2.74 bits per heavy atom. The van der Waals surface area contributed by atoms with Crippen LogP contribution in [0.5, 0.6) is 0 Å². The Balaban J connectivity index is 1.55. The first-order chi connectivity index (χ1) is 16.8. The number of fused-ring (bicyclic) bond motifs is 1. The molecule has 1 atom stereocenters. The second-order valence-corrected chi connectivity index (χ2v) is 12.8. The summed E-state index contributed by atoms with van der Waals surface area (Å²) in [4.78, 5) is 24.7. The maximum atomic E-state index is 14.1. The SMILES string of the molecule is Cc1cc2nc(N(Cc3cccnc3)C(=O)C3CCCCN3S(=O)(=O)c3cccs3)sc2cc1C. The number of thiophene rings is 1. The number of piperidine rings is 1. The van der Waals surface area contributed by atoms with E-state index in [4.69, 9.17) is 4.98 Å². The number of sulfonamides is 1. The van der Waals surface area contributed by atoms with Gasteiger partial charge in [0.1, 0.15) is 10.3 Å². The van der Waals surface area contributed by atoms with Crippen LogP contribution in [0.1, 0.15) is 36.0 Å². The molecule has 5 rings (SSSR count). The summed E-state index contributed by atoms with van der Waals surface area (Å²) >= 11 is 2.63. The molecule has 0 saturated carbocycles. The molecule has 1 unspecified atom stereocenters. The summed E-state index contributed by atoms with van der Waals surface area (Å²) in [5.74, 6) is -0.249. The zero-order valence-electron chi connectivity index (χ0n) is 19.5. The predicted octanol–water partition coefficient (Wildman–Crippen LogP) is 5.15. The van der Waals surface area contributed by atoms with E-state index in [2.05, 4.69) is 18.0 Å². The van der Waals surface area contributed by atoms with Gasteiger partial charge in [-0.3, -0.25) is 14.7 Å². The molecule has 7 nitrogen and oxygen atoms in total. The number of aromatic nitrogens is 2. The van der Waals surface area contributed by atoms with Gasteiger partial charge in [0.15, 0.2) is 5.13 Å². The molecule has 0 aliphatic carbocycles. The van der Waals surface area contributed by atoms with Crippen LogP contribution in [0.2, 0.25) is 0 Å². The molecule has 1 aliphatic rings. The molecular weight excluding hydrogens is 501 g/mol. The monoisotopic (exact) mass is 526 g/mol. The summed E-state index contributed by atoms with van der Waals surface area (Å²) < 4.78 is 29.5. The van der Waals surface area contributed by atoms with E-state index in [1.54, 1.807) is 34.8 Å². The molecule has 1 aliphatic heterocycles. The maximum absolute atomic E-state index is 14.1. The minimum atomic E-state index is -3.76. The van der Waals surface area contributed by atoms with Gasteiger partial charge in [-0.1, -0.05) is 29.9 Å². The van der Waals surface area contributed by atoms with Gasteiger partial charge in [0, 0.05) is 18.9 Å². The molecule has 1 fully saturated rings. The highest BCUT2D eigenvalue weighted by atomic mass is 32.2. The number of hydrogen-bond acceptors (Lipinski definition) is 7. The molecule has 0 spiro atoms. The first kappa shape index (κ1) is 24.1. The number of aryl methyl sites for hydroxylation is 2. The number of rotatable bonds is 6. The summed E-state index contributed by atoms with van der Waals surface area (Å²) in [7, 11) is -3.76. The van der Waals surface area contributed by atoms with Crippen LogP contribution in [-0.2, 0) is 21.4 Å². The van der Waals surface area contributed by atoms with Crippen LogP contribution in [0.3, 0.4) is 0 Å². The molecule has 4 aromatic rings. The van der Waals surface area contributed by atoms with E-state index in [1.165, 1.54) is 32.5 Å². The van der Waals surface area contributed by atoms with Gasteiger partial charge in [-0.2, -0.15) is 4.31 Å². The van der Waals surface area contributed by atoms with Crippen LogP contribution in [-0.4, -0.2) is 41.2 Å². The number of anilines is 1. The Kier molecular flexibility index (Phi) is 6.71. The topological polar surface area (TPSA) is 83.5 Å². The third-order valence-electron chi connectivity index (χ3n) is 6.35. The highest BCUT2D eigenvalue weighted by molar-refractivity contribution is 7.91. The Morgan fingerprint density at radius 1 is 1.17 bits per heavy atom. The van der Waals surface area contributed by atoms with Gasteiger partial charge in [-0.25, -0.2) is 13.4 Å². The number of carbonyl (C=O) groups is 1. The number of nitrogens with zero attached hydrogens (tertiary/aromatic N) is 4. The number of pyridine rings is 1. The standard InChI is InChI=1S/C25H26N4O3S3/c1-17-13-20-22(14-18(17)2)34-25(27-20)28(16-19-7-5-10-26-15-19)24(30)21-8-3-4-11-29(21)35(31,32)23-9-6-12-33-23/h5-7,9-10,12-15,21H,3-4,8,11,16H2,1-2H3. The largest absolute Gasteiger partial charge is 0.282 e. The molecule has 1 aromatic carbocycles. The lowest BCUT2D eigenvalue weighted by atomic mass is 10.0. The van der Waals surface area contributed by atoms with Crippen molar-refractivity contribution < 1.29 is 13.2 Å². The van der Waals surface area contributed by atoms with Gasteiger partial charge in [0.05, 0.1) is 16.8 Å². The minimum absolute atomic E-state index is 0.249. The molecule has 35 heavy (non-hydrogen) atoms. The van der Waals surface area contributed by atoms with Gasteiger partial charge < -0.3 is 0 Å². The summed E-state index contributed by atoms with van der Waals surface area (Å²) in [6.07, 6.45) is 5.43. The molecule has 0 N–H and O–H groups in total. The number of benzene rings is 1. The fourth-order valence-electron chi connectivity index (χ4n) is 4.34. The van der Waals surface area contributed by atoms with Crippen molar-refractivity contribution in [1.82, 2.24) is 14.3 Å². The van der Waals surface area contributed by atoms with Crippen molar-refractivity contribution in [3.63, 3.8) is 0 Å². The number of amides is 1. The van der Waals surface area contributed by atoms with E-state index in [0.717, 1.165) is 34.2 Å². The van der Waals surface area contributed by atoms with E-state index in [9.17, 15) is 13.2 Å². The van der Waals surface area contributed by atoms with Gasteiger partial charge in [-0.15, -0.1) is 11.3 Å². The Bertz CT molecular complexity index is 1410.